The lowest BCUT2D eigenvalue weighted by molar-refractivity contribution is 0.0518. The number of carbonyl (C=O) groups is 1. The third-order valence-corrected chi connectivity index (χ3v) is 4.36. The first-order chi connectivity index (χ1) is 13.5. The van der Waals surface area contributed by atoms with Gasteiger partial charge in [-0.15, -0.1) is 0 Å². The molecule has 1 heterocycles. The van der Waals surface area contributed by atoms with Gasteiger partial charge in [-0.3, -0.25) is 5.43 Å². The first-order valence-electron chi connectivity index (χ1n) is 8.89. The third-order valence-electron chi connectivity index (χ3n) is 4.13. The molecule has 0 fully saturated rings. The van der Waals surface area contributed by atoms with Crippen LogP contribution < -0.4 is 5.43 Å². The van der Waals surface area contributed by atoms with Crippen LogP contribution in [0.2, 0.25) is 5.02 Å². The van der Waals surface area contributed by atoms with E-state index in [9.17, 15) is 4.79 Å². The molecule has 144 valence electrons. The zero-order chi connectivity index (χ0) is 20.1. The van der Waals surface area contributed by atoms with Crippen LogP contribution in [0.25, 0.3) is 5.69 Å². The predicted molar refractivity (Wildman–Crippen MR) is 112 cm³/mol. The number of nitrogens with one attached hydrogen (secondary N) is 1. The first-order valence-corrected chi connectivity index (χ1v) is 9.27. The second kappa shape index (κ2) is 8.71. The summed E-state index contributed by atoms with van der Waals surface area (Å²) < 4.78 is 6.87. The molecule has 0 unspecified atom stereocenters. The van der Waals surface area contributed by atoms with E-state index in [1.165, 1.54) is 0 Å². The van der Waals surface area contributed by atoms with Crippen molar-refractivity contribution in [2.45, 2.75) is 20.8 Å². The molecule has 0 saturated heterocycles. The molecule has 0 saturated carbocycles. The van der Waals surface area contributed by atoms with Gasteiger partial charge in [0.1, 0.15) is 0 Å². The SMILES string of the molecule is CCOC(=O)c1nn(-c2cccc(Cl)c2)c(C)c1C(C)=NNc1ccccc1. The fraction of sp³-hybridized carbons (Fsp3) is 0.190. The second-order valence-corrected chi connectivity index (χ2v) is 6.53. The number of para-hydroxylation sites is 1. The molecule has 28 heavy (non-hydrogen) atoms. The summed E-state index contributed by atoms with van der Waals surface area (Å²) in [5.74, 6) is -0.490. The molecule has 6 nitrogen and oxygen atoms in total. The Balaban J connectivity index is 2.06. The predicted octanol–water partition coefficient (Wildman–Crippen LogP) is 4.85. The number of rotatable bonds is 6. The van der Waals surface area contributed by atoms with Crippen LogP contribution in [0.15, 0.2) is 59.7 Å². The normalized spacial score (nSPS) is 11.4. The lowest BCUT2D eigenvalue weighted by Gasteiger charge is -2.07. The van der Waals surface area contributed by atoms with Crippen molar-refractivity contribution in [1.29, 1.82) is 0 Å². The Morgan fingerprint density at radius 2 is 1.96 bits per heavy atom. The number of hydrazone groups is 1. The summed E-state index contributed by atoms with van der Waals surface area (Å²) in [7, 11) is 0. The highest BCUT2D eigenvalue weighted by molar-refractivity contribution is 6.30. The van der Waals surface area contributed by atoms with Gasteiger partial charge in [-0.2, -0.15) is 10.2 Å². The Kier molecular flexibility index (Phi) is 6.11. The molecule has 0 aliphatic heterocycles. The van der Waals surface area contributed by atoms with Gasteiger partial charge in [-0.05, 0) is 51.1 Å². The summed E-state index contributed by atoms with van der Waals surface area (Å²) in [5.41, 5.74) is 6.84. The van der Waals surface area contributed by atoms with Crippen LogP contribution in [-0.4, -0.2) is 28.1 Å². The molecule has 3 aromatic rings. The summed E-state index contributed by atoms with van der Waals surface area (Å²) in [6.07, 6.45) is 0. The minimum absolute atomic E-state index is 0.218. The average Bonchev–Trinajstić information content (AvgIpc) is 3.04. The Morgan fingerprint density at radius 1 is 1.21 bits per heavy atom. The lowest BCUT2D eigenvalue weighted by Crippen LogP contribution is -2.11. The largest absolute Gasteiger partial charge is 0.461 e. The van der Waals surface area contributed by atoms with Crippen LogP contribution in [0.1, 0.15) is 35.6 Å². The molecule has 0 amide bonds. The molecular formula is C21H21ClN4O2. The number of ether oxygens (including phenoxy) is 1. The maximum atomic E-state index is 12.5. The number of anilines is 1. The quantitative estimate of drug-likeness (QED) is 0.367. The monoisotopic (exact) mass is 396 g/mol. The van der Waals surface area contributed by atoms with E-state index in [1.807, 2.05) is 56.3 Å². The Hall–Kier alpha value is -3.12. The van der Waals surface area contributed by atoms with Gasteiger partial charge in [0, 0.05) is 5.02 Å². The maximum absolute atomic E-state index is 12.5. The van der Waals surface area contributed by atoms with Crippen LogP contribution in [0.5, 0.6) is 0 Å². The van der Waals surface area contributed by atoms with Gasteiger partial charge >= 0.3 is 5.97 Å². The molecule has 1 N–H and O–H groups in total. The van der Waals surface area contributed by atoms with Gasteiger partial charge in [0.05, 0.1) is 35.0 Å². The molecule has 2 aromatic carbocycles. The van der Waals surface area contributed by atoms with Crippen molar-refractivity contribution in [3.8, 4) is 5.69 Å². The van der Waals surface area contributed by atoms with E-state index in [2.05, 4.69) is 15.6 Å². The second-order valence-electron chi connectivity index (χ2n) is 6.10. The summed E-state index contributed by atoms with van der Waals surface area (Å²) >= 11 is 6.12. The number of benzene rings is 2. The van der Waals surface area contributed by atoms with Crippen LogP contribution >= 0.6 is 11.6 Å². The van der Waals surface area contributed by atoms with Gasteiger partial charge < -0.3 is 4.74 Å². The average molecular weight is 397 g/mol. The van der Waals surface area contributed by atoms with Crippen molar-refractivity contribution in [3.63, 3.8) is 0 Å². The van der Waals surface area contributed by atoms with E-state index in [0.717, 1.165) is 17.1 Å². The number of carbonyl (C=O) groups excluding carboxylic acids is 1. The van der Waals surface area contributed by atoms with Crippen molar-refractivity contribution in [2.24, 2.45) is 5.10 Å². The van der Waals surface area contributed by atoms with E-state index < -0.39 is 5.97 Å². The summed E-state index contributed by atoms with van der Waals surface area (Å²) in [6.45, 7) is 5.73. The number of nitrogens with zero attached hydrogens (tertiary/aromatic N) is 3. The molecule has 0 radical (unpaired) electrons. The van der Waals surface area contributed by atoms with Crippen molar-refractivity contribution in [3.05, 3.63) is 76.6 Å². The van der Waals surface area contributed by atoms with Gasteiger partial charge in [0.2, 0.25) is 0 Å². The molecule has 0 spiro atoms. The fourth-order valence-corrected chi connectivity index (χ4v) is 3.04. The minimum Gasteiger partial charge on any atom is -0.461 e. The topological polar surface area (TPSA) is 68.5 Å². The zero-order valence-electron chi connectivity index (χ0n) is 15.9. The smallest absolute Gasteiger partial charge is 0.359 e. The molecule has 1 aromatic heterocycles. The van der Waals surface area contributed by atoms with E-state index >= 15 is 0 Å². The molecule has 3 rings (SSSR count). The van der Waals surface area contributed by atoms with Crippen molar-refractivity contribution in [2.75, 3.05) is 12.0 Å². The molecule has 7 heteroatoms. The number of halogens is 1. The first kappa shape index (κ1) is 19.6. The number of hydrogen-bond donors (Lipinski definition) is 1. The van der Waals surface area contributed by atoms with E-state index in [-0.39, 0.29) is 12.3 Å². The summed E-state index contributed by atoms with van der Waals surface area (Å²) in [5, 5.41) is 9.51. The third kappa shape index (κ3) is 4.23. The van der Waals surface area contributed by atoms with Gasteiger partial charge in [-0.25, -0.2) is 9.48 Å². The Bertz CT molecular complexity index is 1010. The molecule has 0 bridgehead atoms. The van der Waals surface area contributed by atoms with Gasteiger partial charge in [-0.1, -0.05) is 35.9 Å². The Labute approximate surface area is 168 Å². The number of hydrogen-bond acceptors (Lipinski definition) is 5. The van der Waals surface area contributed by atoms with Crippen molar-refractivity contribution >= 4 is 29.0 Å². The summed E-state index contributed by atoms with van der Waals surface area (Å²) in [4.78, 5) is 12.5. The maximum Gasteiger partial charge on any atom is 0.359 e. The molecule has 0 aliphatic rings. The van der Waals surface area contributed by atoms with Crippen LogP contribution in [0, 0.1) is 6.92 Å². The molecule has 0 aliphatic carbocycles. The Morgan fingerprint density at radius 3 is 2.64 bits per heavy atom. The highest BCUT2D eigenvalue weighted by Gasteiger charge is 2.24. The summed E-state index contributed by atoms with van der Waals surface area (Å²) in [6, 6.07) is 16.9. The van der Waals surface area contributed by atoms with Crippen LogP contribution in [0.4, 0.5) is 5.69 Å². The van der Waals surface area contributed by atoms with E-state index in [0.29, 0.717) is 16.3 Å². The highest BCUT2D eigenvalue weighted by atomic mass is 35.5. The minimum atomic E-state index is -0.490. The number of esters is 1. The standard InChI is InChI=1S/C21H21ClN4O2/c1-4-28-21(27)20-19(14(2)23-24-17-10-6-5-7-11-17)15(3)26(25-20)18-12-8-9-16(22)13-18/h5-13,24H,4H2,1-3H3. The van der Waals surface area contributed by atoms with Crippen molar-refractivity contribution in [1.82, 2.24) is 9.78 Å². The zero-order valence-corrected chi connectivity index (χ0v) is 16.7. The van der Waals surface area contributed by atoms with Gasteiger partial charge in [0.25, 0.3) is 0 Å². The molecule has 0 atom stereocenters. The van der Waals surface area contributed by atoms with E-state index in [4.69, 9.17) is 16.3 Å². The number of aromatic nitrogens is 2. The van der Waals surface area contributed by atoms with Crippen LogP contribution in [-0.2, 0) is 4.74 Å². The highest BCUT2D eigenvalue weighted by Crippen LogP contribution is 2.22. The van der Waals surface area contributed by atoms with Gasteiger partial charge in [0.15, 0.2) is 5.69 Å². The lowest BCUT2D eigenvalue weighted by atomic mass is 10.1. The van der Waals surface area contributed by atoms with Crippen LogP contribution in [0.3, 0.4) is 0 Å². The fourth-order valence-electron chi connectivity index (χ4n) is 2.85. The van der Waals surface area contributed by atoms with Crippen molar-refractivity contribution < 1.29 is 9.53 Å². The van der Waals surface area contributed by atoms with E-state index in [1.54, 1.807) is 23.7 Å². The molecular weight excluding hydrogens is 376 g/mol.